The molecule has 0 saturated heterocycles. The number of carboxylic acids is 2. The maximum atomic E-state index is 12.6. The average Bonchev–Trinajstić information content (AvgIpc) is 2.88. The maximum Gasteiger partial charge on any atom is 0.322 e. The van der Waals surface area contributed by atoms with Gasteiger partial charge in [-0.3, -0.25) is 9.59 Å². The summed E-state index contributed by atoms with van der Waals surface area (Å²) in [6, 6.07) is 9.12. The number of rotatable bonds is 7. The zero-order valence-electron chi connectivity index (χ0n) is 23.0. The van der Waals surface area contributed by atoms with Crippen LogP contribution in [0, 0.1) is 0 Å². The summed E-state index contributed by atoms with van der Waals surface area (Å²) in [6.45, 7) is 0. The van der Waals surface area contributed by atoms with Gasteiger partial charge in [0.1, 0.15) is 6.04 Å². The molecule has 218 valence electrons. The largest absolute Gasteiger partial charge is 0.481 e. The number of benzene rings is 2. The smallest absolute Gasteiger partial charge is 0.322 e. The summed E-state index contributed by atoms with van der Waals surface area (Å²) in [5.74, 6) is -2.97. The molecule has 11 heteroatoms. The fraction of sp³-hybridized carbons (Fsp3) is 0.571. The number of hydrogen-bond donors (Lipinski definition) is 5. The summed E-state index contributed by atoms with van der Waals surface area (Å²) in [6.07, 6.45) is 12.5. The molecule has 0 aliphatic heterocycles. The van der Waals surface area contributed by atoms with Gasteiger partial charge in [-0.25, -0.2) is 8.42 Å². The molecule has 10 nitrogen and oxygen atoms in total. The molecule has 0 amide bonds. The van der Waals surface area contributed by atoms with Gasteiger partial charge in [0.05, 0.1) is 11.3 Å². The molecule has 1 atom stereocenters. The van der Waals surface area contributed by atoms with Gasteiger partial charge in [0.25, 0.3) is 0 Å². The van der Waals surface area contributed by atoms with Crippen molar-refractivity contribution in [3.63, 3.8) is 0 Å². The second-order valence-corrected chi connectivity index (χ2v) is 12.1. The van der Waals surface area contributed by atoms with Crippen LogP contribution in [-0.2, 0) is 19.6 Å². The van der Waals surface area contributed by atoms with Crippen LogP contribution in [0.4, 0.5) is 5.69 Å². The molecule has 4 rings (SSSR count). The van der Waals surface area contributed by atoms with Crippen molar-refractivity contribution in [3.8, 4) is 0 Å². The van der Waals surface area contributed by atoms with Crippen molar-refractivity contribution in [2.24, 2.45) is 11.5 Å². The fourth-order valence-electron chi connectivity index (χ4n) is 4.76. The molecule has 2 aliphatic carbocycles. The van der Waals surface area contributed by atoms with Gasteiger partial charge in [-0.15, -0.1) is 0 Å². The minimum atomic E-state index is -4.23. The van der Waals surface area contributed by atoms with Crippen LogP contribution in [0.2, 0.25) is 0 Å². The first kappa shape index (κ1) is 32.5. The number of hydrogen-bond acceptors (Lipinski definition) is 7. The lowest BCUT2D eigenvalue weighted by Crippen LogP contribution is -2.42. The van der Waals surface area contributed by atoms with Crippen LogP contribution >= 0.6 is 0 Å². The van der Waals surface area contributed by atoms with E-state index in [4.69, 9.17) is 21.7 Å². The van der Waals surface area contributed by atoms with Gasteiger partial charge in [-0.2, -0.15) is 4.72 Å². The van der Waals surface area contributed by atoms with E-state index in [9.17, 15) is 18.0 Å². The molecule has 2 fully saturated rings. The Balaban J connectivity index is 0.000000306. The van der Waals surface area contributed by atoms with Crippen LogP contribution in [0.1, 0.15) is 70.6 Å². The molecule has 2 aromatic carbocycles. The first-order chi connectivity index (χ1) is 18.4. The number of anilines is 1. The van der Waals surface area contributed by atoms with Gasteiger partial charge in [0, 0.05) is 42.6 Å². The zero-order chi connectivity index (χ0) is 29.0. The summed E-state index contributed by atoms with van der Waals surface area (Å²) in [7, 11) is -0.590. The topological polar surface area (TPSA) is 176 Å². The second-order valence-electron chi connectivity index (χ2n) is 10.4. The number of nitrogens with zero attached hydrogens (tertiary/aromatic N) is 1. The van der Waals surface area contributed by atoms with Crippen molar-refractivity contribution in [1.82, 2.24) is 4.72 Å². The molecule has 2 aromatic rings. The molecule has 0 aromatic heterocycles. The van der Waals surface area contributed by atoms with Gasteiger partial charge >= 0.3 is 11.9 Å². The quantitative estimate of drug-likeness (QED) is 0.336. The number of carbonyl (C=O) groups is 2. The summed E-state index contributed by atoms with van der Waals surface area (Å²) in [5.41, 5.74) is 12.1. The predicted octanol–water partition coefficient (Wildman–Crippen LogP) is 3.67. The summed E-state index contributed by atoms with van der Waals surface area (Å²) in [4.78, 5) is 23.6. The number of aliphatic carboxylic acids is 2. The summed E-state index contributed by atoms with van der Waals surface area (Å²) in [5, 5.41) is 18.9. The van der Waals surface area contributed by atoms with Crippen LogP contribution in [0.3, 0.4) is 0 Å². The molecule has 7 N–H and O–H groups in total. The Morgan fingerprint density at radius 2 is 1.36 bits per heavy atom. The number of nitrogens with two attached hydrogens (primary N) is 2. The van der Waals surface area contributed by atoms with Crippen LogP contribution in [0.15, 0.2) is 41.3 Å². The van der Waals surface area contributed by atoms with E-state index in [0.717, 1.165) is 5.69 Å². The van der Waals surface area contributed by atoms with Gasteiger partial charge < -0.3 is 26.6 Å². The maximum absolute atomic E-state index is 12.6. The highest BCUT2D eigenvalue weighted by atomic mass is 32.2. The molecule has 2 aliphatic rings. The molecule has 0 spiro atoms. The fourth-order valence-corrected chi connectivity index (χ4v) is 6.17. The lowest BCUT2D eigenvalue weighted by Gasteiger charge is -2.18. The molecular weight excluding hydrogens is 520 g/mol. The van der Waals surface area contributed by atoms with Crippen molar-refractivity contribution in [2.75, 3.05) is 19.0 Å². The molecule has 1 unspecified atom stereocenters. The van der Waals surface area contributed by atoms with Crippen LogP contribution in [0.25, 0.3) is 10.8 Å². The van der Waals surface area contributed by atoms with E-state index >= 15 is 0 Å². The van der Waals surface area contributed by atoms with Crippen LogP contribution in [0.5, 0.6) is 0 Å². The SMILES string of the molecule is CN(C)c1cccc2c(S(=O)(=O)NC(CC(=O)O)C(=O)O)cccc12.NC1CCCCC1.NC1CCCCC1. The van der Waals surface area contributed by atoms with Crippen LogP contribution < -0.4 is 21.1 Å². The molecule has 2 saturated carbocycles. The van der Waals surface area contributed by atoms with Gasteiger partial charge in [0.2, 0.25) is 10.0 Å². The summed E-state index contributed by atoms with van der Waals surface area (Å²) < 4.78 is 27.2. The van der Waals surface area contributed by atoms with E-state index in [2.05, 4.69) is 0 Å². The van der Waals surface area contributed by atoms with Crippen molar-refractivity contribution >= 4 is 38.4 Å². The monoisotopic (exact) mass is 564 g/mol. The van der Waals surface area contributed by atoms with Crippen molar-refractivity contribution in [2.45, 2.75) is 93.7 Å². The minimum absolute atomic E-state index is 0.106. The van der Waals surface area contributed by atoms with E-state index in [1.54, 1.807) is 24.3 Å². The third-order valence-corrected chi connectivity index (χ3v) is 8.43. The lowest BCUT2D eigenvalue weighted by atomic mass is 9.97. The third-order valence-electron chi connectivity index (χ3n) is 6.90. The Bertz CT molecular complexity index is 1160. The number of nitrogens with one attached hydrogen (secondary N) is 1. The van der Waals surface area contributed by atoms with Crippen molar-refractivity contribution in [3.05, 3.63) is 36.4 Å². The van der Waals surface area contributed by atoms with Crippen molar-refractivity contribution < 1.29 is 28.2 Å². The summed E-state index contributed by atoms with van der Waals surface area (Å²) >= 11 is 0. The van der Waals surface area contributed by atoms with E-state index in [1.807, 2.05) is 29.8 Å². The highest BCUT2D eigenvalue weighted by Crippen LogP contribution is 2.30. The molecule has 39 heavy (non-hydrogen) atoms. The van der Waals surface area contributed by atoms with E-state index in [0.29, 0.717) is 22.9 Å². The highest BCUT2D eigenvalue weighted by Gasteiger charge is 2.28. The predicted molar refractivity (Wildman–Crippen MR) is 154 cm³/mol. The third kappa shape index (κ3) is 10.7. The Kier molecular flexibility index (Phi) is 13.1. The Hall–Kier alpha value is -2.73. The normalized spacial score (nSPS) is 17.2. The minimum Gasteiger partial charge on any atom is -0.481 e. The molecular formula is C28H44N4O6S. The lowest BCUT2D eigenvalue weighted by molar-refractivity contribution is -0.145. The van der Waals surface area contributed by atoms with Crippen molar-refractivity contribution in [1.29, 1.82) is 0 Å². The van der Waals surface area contributed by atoms with Gasteiger partial charge in [-0.1, -0.05) is 62.8 Å². The standard InChI is InChI=1S/C16H18N2O6S.2C6H13N/c1-18(2)13-7-3-6-11-10(13)5-4-8-14(11)25(23,24)17-12(16(21)22)9-15(19)20;2*7-6-4-2-1-3-5-6/h3-8,12,17H,9H2,1-2H3,(H,19,20)(H,21,22);2*6H,1-5,7H2. The van der Waals surface area contributed by atoms with E-state index in [1.165, 1.54) is 70.3 Å². The number of sulfonamides is 1. The Morgan fingerprint density at radius 3 is 1.77 bits per heavy atom. The average molecular weight is 565 g/mol. The Labute approximate surface area is 231 Å². The number of carboxylic acid groups (broad SMARTS) is 2. The zero-order valence-corrected chi connectivity index (χ0v) is 23.8. The molecule has 0 bridgehead atoms. The van der Waals surface area contributed by atoms with Gasteiger partial charge in [0.15, 0.2) is 0 Å². The van der Waals surface area contributed by atoms with E-state index < -0.39 is 34.4 Å². The van der Waals surface area contributed by atoms with E-state index in [-0.39, 0.29) is 4.90 Å². The Morgan fingerprint density at radius 1 is 0.872 bits per heavy atom. The molecule has 0 radical (unpaired) electrons. The number of fused-ring (bicyclic) bond motifs is 1. The molecule has 0 heterocycles. The van der Waals surface area contributed by atoms with Gasteiger partial charge in [-0.05, 0) is 37.8 Å². The second kappa shape index (κ2) is 15.8. The first-order valence-electron chi connectivity index (χ1n) is 13.6. The highest BCUT2D eigenvalue weighted by molar-refractivity contribution is 7.89. The first-order valence-corrected chi connectivity index (χ1v) is 15.1. The van der Waals surface area contributed by atoms with Crippen LogP contribution in [-0.4, -0.2) is 62.8 Å².